The summed E-state index contributed by atoms with van der Waals surface area (Å²) in [4.78, 5) is 0. The summed E-state index contributed by atoms with van der Waals surface area (Å²) < 4.78 is 32.9. The van der Waals surface area contributed by atoms with Crippen LogP contribution in [0.2, 0.25) is 0 Å². The number of halogens is 3. The van der Waals surface area contributed by atoms with Gasteiger partial charge in [0, 0.05) is 4.47 Å². The molecule has 2 N–H and O–H groups in total. The smallest absolute Gasteiger partial charge is 0.320 e. The minimum absolute atomic E-state index is 0.0649. The maximum atomic E-state index is 13.6. The fourth-order valence-electron chi connectivity index (χ4n) is 1.62. The van der Waals surface area contributed by atoms with Gasteiger partial charge in [-0.3, -0.25) is 0 Å². The van der Waals surface area contributed by atoms with E-state index in [2.05, 4.69) is 36.8 Å². The average molecular weight is 347 g/mol. The monoisotopic (exact) mass is 346 g/mol. The Morgan fingerprint density at radius 1 is 1.30 bits per heavy atom. The van der Waals surface area contributed by atoms with Crippen molar-refractivity contribution >= 4 is 27.6 Å². The first-order chi connectivity index (χ1) is 9.51. The highest BCUT2D eigenvalue weighted by atomic mass is 79.9. The molecule has 0 saturated heterocycles. The van der Waals surface area contributed by atoms with Gasteiger partial charge in [0.15, 0.2) is 11.6 Å². The number of hydrogen-bond donors (Lipinski definition) is 2. The van der Waals surface area contributed by atoms with Gasteiger partial charge in [-0.25, -0.2) is 8.78 Å². The predicted octanol–water partition coefficient (Wildman–Crippen LogP) is 3.52. The predicted molar refractivity (Wildman–Crippen MR) is 73.7 cm³/mol. The van der Waals surface area contributed by atoms with Crippen molar-refractivity contribution in [3.63, 3.8) is 0 Å². The highest BCUT2D eigenvalue weighted by Gasteiger charge is 2.16. The maximum absolute atomic E-state index is 13.6. The molecule has 0 bridgehead atoms. The third-order valence-corrected chi connectivity index (χ3v) is 3.02. The van der Waals surface area contributed by atoms with E-state index in [1.807, 2.05) is 13.8 Å². The molecule has 0 saturated carbocycles. The van der Waals surface area contributed by atoms with Crippen molar-refractivity contribution < 1.29 is 13.2 Å². The lowest BCUT2D eigenvalue weighted by Gasteiger charge is -2.07. The van der Waals surface area contributed by atoms with Crippen molar-refractivity contribution in [3.05, 3.63) is 34.1 Å². The second-order valence-electron chi connectivity index (χ2n) is 4.09. The second-order valence-corrected chi connectivity index (χ2v) is 5.01. The highest BCUT2D eigenvalue weighted by molar-refractivity contribution is 9.10. The standard InChI is InChI=1S/C12H13BrF2N4O/c1-3-16-6(2)11-18-19-12(20-11)17-10-8(14)4-7(13)5-9(10)15/h4-6,16H,3H2,1-2H3,(H,17,19). The molecule has 0 radical (unpaired) electrons. The lowest BCUT2D eigenvalue weighted by molar-refractivity contribution is 0.430. The summed E-state index contributed by atoms with van der Waals surface area (Å²) in [5, 5.41) is 13.1. The molecule has 0 fully saturated rings. The van der Waals surface area contributed by atoms with Crippen LogP contribution in [-0.2, 0) is 0 Å². The molecular weight excluding hydrogens is 334 g/mol. The van der Waals surface area contributed by atoms with Crippen LogP contribution in [0.25, 0.3) is 0 Å². The number of benzene rings is 1. The number of nitrogens with zero attached hydrogens (tertiary/aromatic N) is 2. The molecule has 1 aromatic heterocycles. The molecule has 0 spiro atoms. The van der Waals surface area contributed by atoms with E-state index in [-0.39, 0.29) is 17.7 Å². The zero-order chi connectivity index (χ0) is 14.7. The number of rotatable bonds is 5. The lowest BCUT2D eigenvalue weighted by Crippen LogP contribution is -2.17. The first-order valence-electron chi connectivity index (χ1n) is 5.99. The van der Waals surface area contributed by atoms with E-state index < -0.39 is 11.6 Å². The number of aromatic nitrogens is 2. The number of nitrogens with one attached hydrogen (secondary N) is 2. The Balaban J connectivity index is 2.19. The van der Waals surface area contributed by atoms with E-state index in [0.717, 1.165) is 18.7 Å². The molecule has 8 heteroatoms. The van der Waals surface area contributed by atoms with Gasteiger partial charge in [0.1, 0.15) is 5.69 Å². The molecule has 1 unspecified atom stereocenters. The average Bonchev–Trinajstić information content (AvgIpc) is 2.82. The van der Waals surface area contributed by atoms with Gasteiger partial charge in [-0.05, 0) is 25.6 Å². The van der Waals surface area contributed by atoms with Crippen LogP contribution in [0.15, 0.2) is 21.0 Å². The van der Waals surface area contributed by atoms with Gasteiger partial charge in [-0.2, -0.15) is 0 Å². The van der Waals surface area contributed by atoms with Gasteiger partial charge in [-0.1, -0.05) is 28.0 Å². The van der Waals surface area contributed by atoms with Crippen LogP contribution in [0.4, 0.5) is 20.5 Å². The third kappa shape index (κ3) is 3.31. The molecule has 1 aromatic carbocycles. The van der Waals surface area contributed by atoms with Crippen LogP contribution in [0.1, 0.15) is 25.8 Å². The molecule has 0 amide bonds. The minimum atomic E-state index is -0.753. The van der Waals surface area contributed by atoms with Crippen LogP contribution < -0.4 is 10.6 Å². The largest absolute Gasteiger partial charge is 0.406 e. The van der Waals surface area contributed by atoms with E-state index >= 15 is 0 Å². The Kier molecular flexibility index (Phi) is 4.66. The Morgan fingerprint density at radius 2 is 1.95 bits per heavy atom. The summed E-state index contributed by atoms with van der Waals surface area (Å²) in [5.74, 6) is -1.17. The van der Waals surface area contributed by atoms with Gasteiger partial charge < -0.3 is 15.1 Å². The number of hydrogen-bond acceptors (Lipinski definition) is 5. The van der Waals surface area contributed by atoms with Crippen molar-refractivity contribution in [3.8, 4) is 0 Å². The molecule has 0 aliphatic rings. The van der Waals surface area contributed by atoms with Crippen molar-refractivity contribution in [2.75, 3.05) is 11.9 Å². The first-order valence-corrected chi connectivity index (χ1v) is 6.79. The summed E-state index contributed by atoms with van der Waals surface area (Å²) in [7, 11) is 0. The van der Waals surface area contributed by atoms with Gasteiger partial charge in [0.2, 0.25) is 5.89 Å². The molecule has 1 atom stereocenters. The zero-order valence-corrected chi connectivity index (χ0v) is 12.5. The number of anilines is 2. The minimum Gasteiger partial charge on any atom is -0.406 e. The maximum Gasteiger partial charge on any atom is 0.320 e. The van der Waals surface area contributed by atoms with E-state index in [1.165, 1.54) is 0 Å². The topological polar surface area (TPSA) is 63.0 Å². The van der Waals surface area contributed by atoms with Crippen molar-refractivity contribution in [1.82, 2.24) is 15.5 Å². The van der Waals surface area contributed by atoms with Gasteiger partial charge in [-0.15, -0.1) is 5.10 Å². The van der Waals surface area contributed by atoms with Crippen LogP contribution >= 0.6 is 15.9 Å². The fraction of sp³-hybridized carbons (Fsp3) is 0.333. The summed E-state index contributed by atoms with van der Waals surface area (Å²) in [5.41, 5.74) is -0.334. The fourth-order valence-corrected chi connectivity index (χ4v) is 2.02. The van der Waals surface area contributed by atoms with Crippen LogP contribution in [-0.4, -0.2) is 16.7 Å². The summed E-state index contributed by atoms with van der Waals surface area (Å²) in [6, 6.07) is 2.08. The highest BCUT2D eigenvalue weighted by Crippen LogP contribution is 2.26. The van der Waals surface area contributed by atoms with Crippen LogP contribution in [0, 0.1) is 11.6 Å². The molecule has 2 rings (SSSR count). The third-order valence-electron chi connectivity index (χ3n) is 2.56. The van der Waals surface area contributed by atoms with Crippen LogP contribution in [0.5, 0.6) is 0 Å². The molecule has 1 heterocycles. The molecule has 2 aromatic rings. The molecular formula is C12H13BrF2N4O. The molecule has 0 aliphatic carbocycles. The van der Waals surface area contributed by atoms with E-state index in [0.29, 0.717) is 10.4 Å². The quantitative estimate of drug-likeness (QED) is 0.867. The van der Waals surface area contributed by atoms with E-state index in [4.69, 9.17) is 4.42 Å². The van der Waals surface area contributed by atoms with E-state index in [9.17, 15) is 8.78 Å². The van der Waals surface area contributed by atoms with E-state index in [1.54, 1.807) is 0 Å². The molecule has 5 nitrogen and oxygen atoms in total. The normalized spacial score (nSPS) is 12.4. The van der Waals surface area contributed by atoms with Gasteiger partial charge in [0.25, 0.3) is 0 Å². The molecule has 108 valence electrons. The SMILES string of the molecule is CCNC(C)c1nnc(Nc2c(F)cc(Br)cc2F)o1. The lowest BCUT2D eigenvalue weighted by atomic mass is 10.3. The van der Waals surface area contributed by atoms with Gasteiger partial charge >= 0.3 is 6.01 Å². The molecule has 0 aliphatic heterocycles. The summed E-state index contributed by atoms with van der Waals surface area (Å²) in [6.45, 7) is 4.53. The Labute approximate surface area is 122 Å². The molecule has 20 heavy (non-hydrogen) atoms. The Morgan fingerprint density at radius 3 is 2.55 bits per heavy atom. The Hall–Kier alpha value is -1.54. The van der Waals surface area contributed by atoms with Gasteiger partial charge in [0.05, 0.1) is 6.04 Å². The second kappa shape index (κ2) is 6.27. The first kappa shape index (κ1) is 14.9. The van der Waals surface area contributed by atoms with Crippen molar-refractivity contribution in [2.45, 2.75) is 19.9 Å². The van der Waals surface area contributed by atoms with Crippen LogP contribution in [0.3, 0.4) is 0 Å². The summed E-state index contributed by atoms with van der Waals surface area (Å²) >= 11 is 3.01. The Bertz CT molecular complexity index is 582. The summed E-state index contributed by atoms with van der Waals surface area (Å²) in [6.07, 6.45) is 0. The zero-order valence-electron chi connectivity index (χ0n) is 10.9. The van der Waals surface area contributed by atoms with Crippen molar-refractivity contribution in [2.24, 2.45) is 0 Å². The van der Waals surface area contributed by atoms with Crippen molar-refractivity contribution in [1.29, 1.82) is 0 Å².